The molecule has 106 valence electrons. The topological polar surface area (TPSA) is 34.1 Å². The van der Waals surface area contributed by atoms with Crippen molar-refractivity contribution in [2.75, 3.05) is 13.7 Å². The maximum absolute atomic E-state index is 6.25. The first-order chi connectivity index (χ1) is 9.70. The van der Waals surface area contributed by atoms with Gasteiger partial charge in [0.2, 0.25) is 0 Å². The van der Waals surface area contributed by atoms with E-state index < -0.39 is 0 Å². The number of halogens is 1. The molecule has 0 fully saturated rings. The van der Waals surface area contributed by atoms with E-state index in [-0.39, 0.29) is 6.04 Å². The molecule has 1 N–H and O–H groups in total. The molecule has 4 heteroatoms. The normalized spacial score (nSPS) is 12.2. The van der Waals surface area contributed by atoms with Crippen molar-refractivity contribution >= 4 is 11.6 Å². The van der Waals surface area contributed by atoms with Crippen LogP contribution >= 0.6 is 11.6 Å². The van der Waals surface area contributed by atoms with E-state index in [0.717, 1.165) is 17.7 Å². The minimum atomic E-state index is 0.276. The second kappa shape index (κ2) is 7.27. The lowest BCUT2D eigenvalue weighted by Crippen LogP contribution is -2.12. The fourth-order valence-corrected chi connectivity index (χ4v) is 2.14. The number of rotatable bonds is 6. The molecule has 1 aromatic heterocycles. The van der Waals surface area contributed by atoms with Crippen molar-refractivity contribution in [2.24, 2.45) is 0 Å². The van der Waals surface area contributed by atoms with Gasteiger partial charge in [0.25, 0.3) is 0 Å². The number of ether oxygens (including phenoxy) is 1. The summed E-state index contributed by atoms with van der Waals surface area (Å²) >= 11 is 6.25. The smallest absolute Gasteiger partial charge is 0.137 e. The lowest BCUT2D eigenvalue weighted by Gasteiger charge is -2.13. The molecule has 0 amide bonds. The van der Waals surface area contributed by atoms with Gasteiger partial charge in [-0.1, -0.05) is 17.7 Å². The number of benzene rings is 1. The molecule has 0 saturated heterocycles. The molecule has 0 saturated carbocycles. The molecule has 2 aromatic rings. The van der Waals surface area contributed by atoms with Gasteiger partial charge in [0, 0.05) is 24.9 Å². The Morgan fingerprint density at radius 1 is 1.25 bits per heavy atom. The van der Waals surface area contributed by atoms with Crippen molar-refractivity contribution in [1.82, 2.24) is 10.3 Å². The van der Waals surface area contributed by atoms with Crippen LogP contribution in [0.2, 0.25) is 5.02 Å². The highest BCUT2D eigenvalue weighted by molar-refractivity contribution is 6.32. The molecule has 2 rings (SSSR count). The number of hydrogen-bond donors (Lipinski definition) is 1. The van der Waals surface area contributed by atoms with Crippen LogP contribution in [0.3, 0.4) is 0 Å². The van der Waals surface area contributed by atoms with Crippen LogP contribution in [0.15, 0.2) is 42.7 Å². The Kier molecular flexibility index (Phi) is 5.39. The number of pyridine rings is 1. The van der Waals surface area contributed by atoms with Gasteiger partial charge < -0.3 is 10.1 Å². The molecule has 0 bridgehead atoms. The third-order valence-corrected chi connectivity index (χ3v) is 3.58. The second-order valence-corrected chi connectivity index (χ2v) is 5.06. The predicted molar refractivity (Wildman–Crippen MR) is 82.4 cm³/mol. The van der Waals surface area contributed by atoms with Gasteiger partial charge in [-0.25, -0.2) is 0 Å². The summed E-state index contributed by atoms with van der Waals surface area (Å²) in [5.41, 5.74) is 2.36. The van der Waals surface area contributed by atoms with Crippen molar-refractivity contribution < 1.29 is 4.74 Å². The van der Waals surface area contributed by atoms with Crippen LogP contribution in [0.1, 0.15) is 24.1 Å². The van der Waals surface area contributed by atoms with Gasteiger partial charge in [-0.15, -0.1) is 0 Å². The van der Waals surface area contributed by atoms with Crippen LogP contribution in [0.25, 0.3) is 0 Å². The van der Waals surface area contributed by atoms with E-state index in [9.17, 15) is 0 Å². The lowest BCUT2D eigenvalue weighted by atomic mass is 10.1. The van der Waals surface area contributed by atoms with Crippen LogP contribution in [-0.2, 0) is 6.42 Å². The molecular formula is C16H19ClN2O. The van der Waals surface area contributed by atoms with Crippen LogP contribution in [0.5, 0.6) is 5.75 Å². The molecule has 1 heterocycles. The third kappa shape index (κ3) is 3.95. The summed E-state index contributed by atoms with van der Waals surface area (Å²) < 4.78 is 5.74. The molecule has 20 heavy (non-hydrogen) atoms. The largest absolute Gasteiger partial charge is 0.492 e. The highest BCUT2D eigenvalue weighted by Crippen LogP contribution is 2.27. The summed E-state index contributed by atoms with van der Waals surface area (Å²) in [5.74, 6) is 0.729. The summed E-state index contributed by atoms with van der Waals surface area (Å²) in [7, 11) is 1.93. The quantitative estimate of drug-likeness (QED) is 0.882. The Labute approximate surface area is 124 Å². The molecule has 0 aliphatic heterocycles. The standard InChI is InChI=1S/C16H19ClN2O/c1-12(18-2)14-3-4-16(15(17)11-14)20-10-7-13-5-8-19-9-6-13/h3-6,8-9,11-12,18H,7,10H2,1-2H3. The number of aromatic nitrogens is 1. The fourth-order valence-electron chi connectivity index (χ4n) is 1.90. The zero-order chi connectivity index (χ0) is 14.4. The first-order valence-electron chi connectivity index (χ1n) is 6.69. The SMILES string of the molecule is CNC(C)c1ccc(OCCc2ccncc2)c(Cl)c1. The number of nitrogens with zero attached hydrogens (tertiary/aromatic N) is 1. The number of hydrogen-bond acceptors (Lipinski definition) is 3. The molecule has 0 radical (unpaired) electrons. The van der Waals surface area contributed by atoms with Crippen molar-refractivity contribution in [3.63, 3.8) is 0 Å². The maximum Gasteiger partial charge on any atom is 0.137 e. The van der Waals surface area contributed by atoms with Crippen LogP contribution in [-0.4, -0.2) is 18.6 Å². The summed E-state index contributed by atoms with van der Waals surface area (Å²) in [6.45, 7) is 2.69. The summed E-state index contributed by atoms with van der Waals surface area (Å²) in [4.78, 5) is 3.99. The summed E-state index contributed by atoms with van der Waals surface area (Å²) in [6, 6.07) is 10.2. The van der Waals surface area contributed by atoms with Gasteiger partial charge in [0.05, 0.1) is 11.6 Å². The average Bonchev–Trinajstić information content (AvgIpc) is 2.49. The van der Waals surface area contributed by atoms with Crippen molar-refractivity contribution in [2.45, 2.75) is 19.4 Å². The first-order valence-corrected chi connectivity index (χ1v) is 7.07. The number of nitrogens with one attached hydrogen (secondary N) is 1. The van der Waals surface area contributed by atoms with E-state index in [0.29, 0.717) is 11.6 Å². The molecule has 1 atom stereocenters. The Morgan fingerprint density at radius 3 is 2.65 bits per heavy atom. The Morgan fingerprint density at radius 2 is 2.00 bits per heavy atom. The van der Waals surface area contributed by atoms with E-state index in [4.69, 9.17) is 16.3 Å². The molecule has 0 aliphatic carbocycles. The molecule has 1 unspecified atom stereocenters. The average molecular weight is 291 g/mol. The highest BCUT2D eigenvalue weighted by atomic mass is 35.5. The molecular weight excluding hydrogens is 272 g/mol. The molecule has 3 nitrogen and oxygen atoms in total. The van der Waals surface area contributed by atoms with Gasteiger partial charge in [0.15, 0.2) is 0 Å². The van der Waals surface area contributed by atoms with Crippen LogP contribution < -0.4 is 10.1 Å². The maximum atomic E-state index is 6.25. The summed E-state index contributed by atoms with van der Waals surface area (Å²) in [5, 5.41) is 3.84. The predicted octanol–water partition coefficient (Wildman–Crippen LogP) is 3.64. The third-order valence-electron chi connectivity index (χ3n) is 3.29. The van der Waals surface area contributed by atoms with E-state index in [1.807, 2.05) is 37.4 Å². The minimum absolute atomic E-state index is 0.276. The van der Waals surface area contributed by atoms with Crippen molar-refractivity contribution in [3.05, 3.63) is 58.9 Å². The Balaban J connectivity index is 1.93. The monoisotopic (exact) mass is 290 g/mol. The van der Waals surface area contributed by atoms with Crippen molar-refractivity contribution in [1.29, 1.82) is 0 Å². The zero-order valence-electron chi connectivity index (χ0n) is 11.8. The molecule has 0 spiro atoms. The minimum Gasteiger partial charge on any atom is -0.492 e. The van der Waals surface area contributed by atoms with Gasteiger partial charge in [-0.05, 0) is 49.4 Å². The van der Waals surface area contributed by atoms with Gasteiger partial charge in [0.1, 0.15) is 5.75 Å². The van der Waals surface area contributed by atoms with Gasteiger partial charge in [-0.3, -0.25) is 4.98 Å². The second-order valence-electron chi connectivity index (χ2n) is 4.65. The Bertz CT molecular complexity index is 545. The molecule has 1 aromatic carbocycles. The van der Waals surface area contributed by atoms with Crippen LogP contribution in [0.4, 0.5) is 0 Å². The van der Waals surface area contributed by atoms with E-state index in [1.54, 1.807) is 12.4 Å². The van der Waals surface area contributed by atoms with E-state index in [1.165, 1.54) is 5.56 Å². The van der Waals surface area contributed by atoms with Crippen LogP contribution in [0, 0.1) is 0 Å². The fraction of sp³-hybridized carbons (Fsp3) is 0.312. The van der Waals surface area contributed by atoms with E-state index in [2.05, 4.69) is 17.2 Å². The lowest BCUT2D eigenvalue weighted by molar-refractivity contribution is 0.322. The van der Waals surface area contributed by atoms with Gasteiger partial charge in [-0.2, -0.15) is 0 Å². The Hall–Kier alpha value is -1.58. The zero-order valence-corrected chi connectivity index (χ0v) is 12.5. The first kappa shape index (κ1) is 14.8. The summed E-state index contributed by atoms with van der Waals surface area (Å²) in [6.07, 6.45) is 4.42. The van der Waals surface area contributed by atoms with Crippen molar-refractivity contribution in [3.8, 4) is 5.75 Å². The van der Waals surface area contributed by atoms with E-state index >= 15 is 0 Å². The molecule has 0 aliphatic rings. The highest BCUT2D eigenvalue weighted by Gasteiger charge is 2.07. The van der Waals surface area contributed by atoms with Gasteiger partial charge >= 0.3 is 0 Å².